The van der Waals surface area contributed by atoms with Crippen LogP contribution in [0, 0.1) is 5.92 Å². The molecule has 0 amide bonds. The molecule has 1 aliphatic rings. The first-order valence-corrected chi connectivity index (χ1v) is 9.96. The predicted octanol–water partition coefficient (Wildman–Crippen LogP) is 2.81. The van der Waals surface area contributed by atoms with Crippen molar-refractivity contribution in [2.24, 2.45) is 5.92 Å². The highest BCUT2D eigenvalue weighted by Gasteiger charge is 2.31. The van der Waals surface area contributed by atoms with Crippen LogP contribution in [0.2, 0.25) is 0 Å². The summed E-state index contributed by atoms with van der Waals surface area (Å²) in [5.74, 6) is 1.23. The average Bonchev–Trinajstić information content (AvgIpc) is 2.43. The highest BCUT2D eigenvalue weighted by molar-refractivity contribution is 8.00. The molecule has 0 aliphatic carbocycles. The monoisotopic (exact) mass is 328 g/mol. The molecule has 1 heterocycles. The lowest BCUT2D eigenvalue weighted by atomic mass is 9.97. The van der Waals surface area contributed by atoms with Crippen molar-refractivity contribution in [3.63, 3.8) is 0 Å². The van der Waals surface area contributed by atoms with Gasteiger partial charge in [-0.15, -0.1) is 11.8 Å². The van der Waals surface area contributed by atoms with Crippen LogP contribution in [0.15, 0.2) is 29.2 Å². The summed E-state index contributed by atoms with van der Waals surface area (Å²) in [5, 5.41) is 0. The zero-order chi connectivity index (χ0) is 15.5. The molecule has 1 aromatic rings. The van der Waals surface area contributed by atoms with Gasteiger partial charge in [-0.3, -0.25) is 0 Å². The summed E-state index contributed by atoms with van der Waals surface area (Å²) in [4.78, 5) is 1.06. The van der Waals surface area contributed by atoms with Gasteiger partial charge in [0.15, 0.2) is 0 Å². The normalized spacial score (nSPS) is 24.1. The lowest BCUT2D eigenvalue weighted by molar-refractivity contribution is 0.218. The third kappa shape index (κ3) is 4.63. The van der Waals surface area contributed by atoms with Gasteiger partial charge in [-0.2, -0.15) is 4.31 Å². The Hall–Kier alpha value is -0.720. The van der Waals surface area contributed by atoms with Gasteiger partial charge in [0, 0.05) is 28.9 Å². The predicted molar refractivity (Wildman–Crippen MR) is 89.9 cm³/mol. The first-order valence-electron chi connectivity index (χ1n) is 7.36. The maximum absolute atomic E-state index is 12.5. The number of piperidine rings is 1. The number of sulfonamides is 1. The number of nitrogen functional groups attached to an aromatic ring is 1. The second kappa shape index (κ2) is 7.03. The van der Waals surface area contributed by atoms with E-state index >= 15 is 0 Å². The van der Waals surface area contributed by atoms with E-state index in [-0.39, 0.29) is 11.8 Å². The second-order valence-corrected chi connectivity index (χ2v) is 9.04. The first-order chi connectivity index (χ1) is 9.88. The fourth-order valence-corrected chi connectivity index (χ4v) is 5.69. The van der Waals surface area contributed by atoms with Gasteiger partial charge in [0.25, 0.3) is 0 Å². The Morgan fingerprint density at radius 1 is 1.24 bits per heavy atom. The molecule has 2 N–H and O–H groups in total. The number of nitrogens with two attached hydrogens (primary N) is 1. The fraction of sp³-hybridized carbons (Fsp3) is 0.600. The van der Waals surface area contributed by atoms with E-state index in [1.54, 1.807) is 16.1 Å². The van der Waals surface area contributed by atoms with Crippen LogP contribution in [0.25, 0.3) is 0 Å². The third-order valence-corrected chi connectivity index (χ3v) is 7.12. The van der Waals surface area contributed by atoms with Gasteiger partial charge in [0.2, 0.25) is 10.0 Å². The highest BCUT2D eigenvalue weighted by Crippen LogP contribution is 2.25. The lowest BCUT2D eigenvalue weighted by Gasteiger charge is -2.35. The van der Waals surface area contributed by atoms with Crippen LogP contribution in [0.4, 0.5) is 5.69 Å². The summed E-state index contributed by atoms with van der Waals surface area (Å²) in [6.45, 7) is 4.80. The standard InChI is InChI=1S/C15H24N2O2S2/c1-12-3-4-13(2)17(11-12)21(18,19)10-9-20-15-7-5-14(16)6-8-15/h5-8,12-13H,3-4,9-11,16H2,1-2H3. The molecule has 1 saturated heterocycles. The fourth-order valence-electron chi connectivity index (χ4n) is 2.58. The number of hydrogen-bond acceptors (Lipinski definition) is 4. The molecular weight excluding hydrogens is 304 g/mol. The van der Waals surface area contributed by atoms with E-state index in [0.29, 0.717) is 18.2 Å². The summed E-state index contributed by atoms with van der Waals surface area (Å²) in [7, 11) is -3.16. The van der Waals surface area contributed by atoms with Gasteiger partial charge in [0.05, 0.1) is 5.75 Å². The van der Waals surface area contributed by atoms with E-state index in [2.05, 4.69) is 6.92 Å². The highest BCUT2D eigenvalue weighted by atomic mass is 32.2. The molecule has 0 radical (unpaired) electrons. The van der Waals surface area contributed by atoms with Crippen molar-refractivity contribution < 1.29 is 8.42 Å². The van der Waals surface area contributed by atoms with E-state index in [1.165, 1.54) is 0 Å². The molecule has 0 spiro atoms. The Kier molecular flexibility index (Phi) is 5.57. The molecule has 2 atom stereocenters. The molecule has 21 heavy (non-hydrogen) atoms. The van der Waals surface area contributed by atoms with Crippen molar-refractivity contribution in [3.8, 4) is 0 Å². The molecule has 1 aromatic carbocycles. The Morgan fingerprint density at radius 3 is 2.57 bits per heavy atom. The minimum Gasteiger partial charge on any atom is -0.399 e. The Labute approximate surface area is 132 Å². The summed E-state index contributed by atoms with van der Waals surface area (Å²) >= 11 is 1.56. The molecule has 6 heteroatoms. The van der Waals surface area contributed by atoms with Crippen LogP contribution < -0.4 is 5.73 Å². The van der Waals surface area contributed by atoms with Gasteiger partial charge in [-0.05, 0) is 49.9 Å². The van der Waals surface area contributed by atoms with E-state index in [0.717, 1.165) is 23.4 Å². The molecule has 4 nitrogen and oxygen atoms in total. The van der Waals surface area contributed by atoms with Crippen LogP contribution in [0.1, 0.15) is 26.7 Å². The molecule has 1 aliphatic heterocycles. The molecule has 2 rings (SSSR count). The molecule has 2 unspecified atom stereocenters. The van der Waals surface area contributed by atoms with E-state index in [9.17, 15) is 8.42 Å². The summed E-state index contributed by atoms with van der Waals surface area (Å²) < 4.78 is 26.7. The van der Waals surface area contributed by atoms with Gasteiger partial charge < -0.3 is 5.73 Å². The smallest absolute Gasteiger partial charge is 0.215 e. The van der Waals surface area contributed by atoms with Crippen LogP contribution in [-0.2, 0) is 10.0 Å². The number of hydrogen-bond donors (Lipinski definition) is 1. The summed E-state index contributed by atoms with van der Waals surface area (Å²) in [5.41, 5.74) is 6.36. The average molecular weight is 329 g/mol. The van der Waals surface area contributed by atoms with Crippen molar-refractivity contribution in [2.75, 3.05) is 23.8 Å². The van der Waals surface area contributed by atoms with Crippen molar-refractivity contribution >= 4 is 27.5 Å². The second-order valence-electron chi connectivity index (χ2n) is 5.83. The molecular formula is C15H24N2O2S2. The van der Waals surface area contributed by atoms with Gasteiger partial charge >= 0.3 is 0 Å². The van der Waals surface area contributed by atoms with E-state index < -0.39 is 10.0 Å². The van der Waals surface area contributed by atoms with Gasteiger partial charge in [-0.25, -0.2) is 8.42 Å². The Balaban J connectivity index is 1.90. The van der Waals surface area contributed by atoms with Crippen LogP contribution >= 0.6 is 11.8 Å². The quantitative estimate of drug-likeness (QED) is 0.667. The molecule has 0 saturated carbocycles. The maximum atomic E-state index is 12.5. The van der Waals surface area contributed by atoms with Crippen molar-refractivity contribution in [1.82, 2.24) is 4.31 Å². The van der Waals surface area contributed by atoms with Crippen molar-refractivity contribution in [3.05, 3.63) is 24.3 Å². The topological polar surface area (TPSA) is 63.4 Å². The van der Waals surface area contributed by atoms with Crippen LogP contribution in [-0.4, -0.2) is 36.8 Å². The van der Waals surface area contributed by atoms with Gasteiger partial charge in [-0.1, -0.05) is 6.92 Å². The maximum Gasteiger partial charge on any atom is 0.215 e. The summed E-state index contributed by atoms with van der Waals surface area (Å²) in [6.07, 6.45) is 2.08. The lowest BCUT2D eigenvalue weighted by Crippen LogP contribution is -2.46. The van der Waals surface area contributed by atoms with Crippen molar-refractivity contribution in [1.29, 1.82) is 0 Å². The Morgan fingerprint density at radius 2 is 1.90 bits per heavy atom. The molecule has 118 valence electrons. The number of nitrogens with zero attached hydrogens (tertiary/aromatic N) is 1. The number of benzene rings is 1. The zero-order valence-corrected chi connectivity index (χ0v) is 14.3. The third-order valence-electron chi connectivity index (χ3n) is 3.91. The van der Waals surface area contributed by atoms with E-state index in [1.807, 2.05) is 31.2 Å². The van der Waals surface area contributed by atoms with Crippen LogP contribution in [0.3, 0.4) is 0 Å². The number of rotatable bonds is 5. The number of anilines is 1. The SMILES string of the molecule is CC1CCC(C)N(S(=O)(=O)CCSc2ccc(N)cc2)C1. The van der Waals surface area contributed by atoms with E-state index in [4.69, 9.17) is 5.73 Å². The van der Waals surface area contributed by atoms with Gasteiger partial charge in [0.1, 0.15) is 0 Å². The molecule has 0 aromatic heterocycles. The minimum absolute atomic E-state index is 0.132. The number of thioether (sulfide) groups is 1. The zero-order valence-electron chi connectivity index (χ0n) is 12.7. The first kappa shape index (κ1) is 16.6. The Bertz CT molecular complexity index is 558. The van der Waals surface area contributed by atoms with Crippen LogP contribution in [0.5, 0.6) is 0 Å². The molecule has 1 fully saturated rings. The van der Waals surface area contributed by atoms with Crippen molar-refractivity contribution in [2.45, 2.75) is 37.6 Å². The molecule has 0 bridgehead atoms. The summed E-state index contributed by atoms with van der Waals surface area (Å²) in [6, 6.07) is 7.67. The largest absolute Gasteiger partial charge is 0.399 e. The minimum atomic E-state index is -3.16.